The maximum absolute atomic E-state index is 11.9. The molecule has 9 heteroatoms. The van der Waals surface area contributed by atoms with E-state index < -0.39 is 10.0 Å². The number of halogens is 2. The van der Waals surface area contributed by atoms with Crippen LogP contribution in [0.1, 0.15) is 4.88 Å². The van der Waals surface area contributed by atoms with Gasteiger partial charge in [0.05, 0.1) is 16.2 Å². The fourth-order valence-electron chi connectivity index (χ4n) is 1.32. The van der Waals surface area contributed by atoms with Crippen LogP contribution in [0.25, 0.3) is 0 Å². The van der Waals surface area contributed by atoms with E-state index in [0.717, 1.165) is 8.66 Å². The number of hydrogen-bond acceptors (Lipinski definition) is 5. The molecule has 19 heavy (non-hydrogen) atoms. The van der Waals surface area contributed by atoms with E-state index in [1.54, 1.807) is 11.3 Å². The molecule has 2 heterocycles. The first-order valence-corrected chi connectivity index (χ1v) is 8.66. The van der Waals surface area contributed by atoms with Gasteiger partial charge >= 0.3 is 0 Å². The summed E-state index contributed by atoms with van der Waals surface area (Å²) in [6.07, 6.45) is 2.99. The first kappa shape index (κ1) is 14.9. The molecule has 0 spiro atoms. The van der Waals surface area contributed by atoms with Gasteiger partial charge < -0.3 is 0 Å². The fourth-order valence-corrected chi connectivity index (χ4v) is 3.82. The van der Waals surface area contributed by atoms with Crippen LogP contribution in [0, 0.1) is 0 Å². The Hall–Kier alpha value is -0.540. The van der Waals surface area contributed by atoms with Crippen LogP contribution in [0.5, 0.6) is 0 Å². The van der Waals surface area contributed by atoms with Gasteiger partial charge in [-0.05, 0) is 46.1 Å². The second-order valence-corrected chi connectivity index (χ2v) is 8.19. The summed E-state index contributed by atoms with van der Waals surface area (Å²) >= 11 is 10.4. The van der Waals surface area contributed by atoms with E-state index in [9.17, 15) is 8.42 Å². The molecule has 0 fully saturated rings. The standard InChI is InChI=1S/C10H9BrClN3O2S2/c11-9-2-1-7(18-9)3-4-15-19(16,17)8-5-13-10(12)14-6-8/h1-2,5-6,15H,3-4H2. The minimum atomic E-state index is -3.58. The third-order valence-corrected chi connectivity index (χ3v) is 5.49. The van der Waals surface area contributed by atoms with Gasteiger partial charge in [0.2, 0.25) is 15.3 Å². The summed E-state index contributed by atoms with van der Waals surface area (Å²) in [5.74, 6) is 0. The van der Waals surface area contributed by atoms with Crippen molar-refractivity contribution in [3.63, 3.8) is 0 Å². The molecule has 0 aliphatic heterocycles. The van der Waals surface area contributed by atoms with E-state index in [4.69, 9.17) is 11.6 Å². The molecule has 0 aliphatic rings. The van der Waals surface area contributed by atoms with Crippen LogP contribution in [0.15, 0.2) is 33.2 Å². The number of thiophene rings is 1. The number of rotatable bonds is 5. The zero-order valence-electron chi connectivity index (χ0n) is 9.51. The van der Waals surface area contributed by atoms with Gasteiger partial charge in [-0.15, -0.1) is 11.3 Å². The Balaban J connectivity index is 1.96. The summed E-state index contributed by atoms with van der Waals surface area (Å²) in [4.78, 5) is 8.39. The van der Waals surface area contributed by atoms with Crippen LogP contribution < -0.4 is 4.72 Å². The third-order valence-electron chi connectivity index (χ3n) is 2.20. The van der Waals surface area contributed by atoms with Crippen molar-refractivity contribution in [3.8, 4) is 0 Å². The molecule has 5 nitrogen and oxygen atoms in total. The van der Waals surface area contributed by atoms with Gasteiger partial charge in [0, 0.05) is 11.4 Å². The topological polar surface area (TPSA) is 72.0 Å². The number of nitrogens with one attached hydrogen (secondary N) is 1. The number of sulfonamides is 1. The van der Waals surface area contributed by atoms with Gasteiger partial charge in [-0.25, -0.2) is 23.1 Å². The zero-order valence-corrected chi connectivity index (χ0v) is 13.5. The molecule has 2 aromatic rings. The molecule has 0 radical (unpaired) electrons. The lowest BCUT2D eigenvalue weighted by atomic mass is 10.3. The molecule has 0 unspecified atom stereocenters. The maximum Gasteiger partial charge on any atom is 0.243 e. The summed E-state index contributed by atoms with van der Waals surface area (Å²) in [5.41, 5.74) is 0. The highest BCUT2D eigenvalue weighted by Crippen LogP contribution is 2.22. The summed E-state index contributed by atoms with van der Waals surface area (Å²) in [5, 5.41) is 0.0161. The maximum atomic E-state index is 11.9. The minimum Gasteiger partial charge on any atom is -0.225 e. The second-order valence-electron chi connectivity index (χ2n) is 3.54. The average Bonchev–Trinajstić information content (AvgIpc) is 2.75. The lowest BCUT2D eigenvalue weighted by Crippen LogP contribution is -2.26. The first-order chi connectivity index (χ1) is 8.97. The Morgan fingerprint density at radius 1 is 1.32 bits per heavy atom. The van der Waals surface area contributed by atoms with Gasteiger partial charge in [-0.2, -0.15) is 0 Å². The van der Waals surface area contributed by atoms with Crippen LogP contribution in [-0.4, -0.2) is 24.9 Å². The fraction of sp³-hybridized carbons (Fsp3) is 0.200. The Morgan fingerprint density at radius 3 is 2.58 bits per heavy atom. The predicted molar refractivity (Wildman–Crippen MR) is 78.0 cm³/mol. The molecule has 0 bridgehead atoms. The molecule has 1 N–H and O–H groups in total. The number of aromatic nitrogens is 2. The molecule has 0 atom stereocenters. The van der Waals surface area contributed by atoms with E-state index >= 15 is 0 Å². The predicted octanol–water partition coefficient (Wildman–Crippen LogP) is 2.48. The molecule has 0 saturated carbocycles. The van der Waals surface area contributed by atoms with E-state index in [1.165, 1.54) is 12.4 Å². The van der Waals surface area contributed by atoms with Crippen molar-refractivity contribution in [2.45, 2.75) is 11.3 Å². The van der Waals surface area contributed by atoms with Gasteiger partial charge in [0.25, 0.3) is 0 Å². The molecule has 0 amide bonds. The van der Waals surface area contributed by atoms with Crippen molar-refractivity contribution < 1.29 is 8.42 Å². The Kier molecular flexibility index (Phi) is 4.91. The quantitative estimate of drug-likeness (QED) is 0.806. The van der Waals surface area contributed by atoms with Crippen LogP contribution in [0.3, 0.4) is 0 Å². The van der Waals surface area contributed by atoms with E-state index in [0.29, 0.717) is 13.0 Å². The van der Waals surface area contributed by atoms with E-state index in [1.807, 2.05) is 12.1 Å². The molecular formula is C10H9BrClN3O2S2. The number of nitrogens with zero attached hydrogens (tertiary/aromatic N) is 2. The molecule has 2 rings (SSSR count). The van der Waals surface area contributed by atoms with E-state index in [-0.39, 0.29) is 10.2 Å². The Bertz CT molecular complexity index is 658. The molecule has 0 aliphatic carbocycles. The van der Waals surface area contributed by atoms with Gasteiger partial charge in [-0.3, -0.25) is 0 Å². The second kappa shape index (κ2) is 6.27. The molecular weight excluding hydrogens is 374 g/mol. The molecule has 0 aromatic carbocycles. The molecule has 0 saturated heterocycles. The van der Waals surface area contributed by atoms with Crippen LogP contribution >= 0.6 is 38.9 Å². The van der Waals surface area contributed by atoms with E-state index in [2.05, 4.69) is 30.6 Å². The molecule has 2 aromatic heterocycles. The Labute approximate surface area is 128 Å². The largest absolute Gasteiger partial charge is 0.243 e. The van der Waals surface area contributed by atoms with Crippen molar-refractivity contribution in [2.24, 2.45) is 0 Å². The van der Waals surface area contributed by atoms with Crippen molar-refractivity contribution in [1.29, 1.82) is 0 Å². The summed E-state index contributed by atoms with van der Waals surface area (Å²) < 4.78 is 27.3. The van der Waals surface area contributed by atoms with Gasteiger partial charge in [0.1, 0.15) is 4.90 Å². The highest BCUT2D eigenvalue weighted by Gasteiger charge is 2.14. The third kappa shape index (κ3) is 4.22. The lowest BCUT2D eigenvalue weighted by molar-refractivity contribution is 0.581. The van der Waals surface area contributed by atoms with Gasteiger partial charge in [0.15, 0.2) is 0 Å². The summed E-state index contributed by atoms with van der Waals surface area (Å²) in [6, 6.07) is 3.88. The van der Waals surface area contributed by atoms with Crippen molar-refractivity contribution in [2.75, 3.05) is 6.54 Å². The first-order valence-electron chi connectivity index (χ1n) is 5.19. The van der Waals surface area contributed by atoms with Crippen molar-refractivity contribution in [3.05, 3.63) is 38.5 Å². The average molecular weight is 383 g/mol. The zero-order chi connectivity index (χ0) is 13.9. The highest BCUT2D eigenvalue weighted by atomic mass is 79.9. The van der Waals surface area contributed by atoms with Crippen LogP contribution in [0.4, 0.5) is 0 Å². The Morgan fingerprint density at radius 2 is 2.00 bits per heavy atom. The van der Waals surface area contributed by atoms with Gasteiger partial charge in [-0.1, -0.05) is 0 Å². The SMILES string of the molecule is O=S(=O)(NCCc1ccc(Br)s1)c1cnc(Cl)nc1. The lowest BCUT2D eigenvalue weighted by Gasteiger charge is -2.05. The van der Waals surface area contributed by atoms with Crippen molar-refractivity contribution in [1.82, 2.24) is 14.7 Å². The number of hydrogen-bond donors (Lipinski definition) is 1. The smallest absolute Gasteiger partial charge is 0.225 e. The monoisotopic (exact) mass is 381 g/mol. The summed E-state index contributed by atoms with van der Waals surface area (Å²) in [7, 11) is -3.58. The van der Waals surface area contributed by atoms with Crippen molar-refractivity contribution >= 4 is 48.9 Å². The summed E-state index contributed by atoms with van der Waals surface area (Å²) in [6.45, 7) is 0.317. The minimum absolute atomic E-state index is 0.00394. The normalized spacial score (nSPS) is 11.7. The van der Waals surface area contributed by atoms with Crippen LogP contribution in [0.2, 0.25) is 5.28 Å². The van der Waals surface area contributed by atoms with Crippen LogP contribution in [-0.2, 0) is 16.4 Å². The highest BCUT2D eigenvalue weighted by molar-refractivity contribution is 9.11. The molecule has 102 valence electrons.